The largest absolute Gasteiger partial charge is 0.494 e. The maximum Gasteiger partial charge on any atom is 0.374 e. The average Bonchev–Trinajstić information content (AvgIpc) is 3.08. The van der Waals surface area contributed by atoms with Crippen molar-refractivity contribution >= 4 is 29.0 Å². The zero-order chi connectivity index (χ0) is 14.8. The molecular weight excluding hydrogens is 272 g/mol. The number of carbonyl (C=O) groups excluding carboxylic acids is 1. The van der Waals surface area contributed by atoms with Gasteiger partial charge in [0.1, 0.15) is 0 Å². The van der Waals surface area contributed by atoms with Crippen LogP contribution in [0.25, 0.3) is 10.9 Å². The Hall–Kier alpha value is -3.02. The van der Waals surface area contributed by atoms with E-state index in [2.05, 4.69) is 14.7 Å². The van der Waals surface area contributed by atoms with E-state index in [-0.39, 0.29) is 17.5 Å². The zero-order valence-electron chi connectivity index (χ0n) is 11.2. The van der Waals surface area contributed by atoms with Gasteiger partial charge < -0.3 is 19.2 Å². The molecule has 0 spiro atoms. The SMILES string of the molecule is COC(=O)c1ccc(/N=C/c2c(O)[nH]c3ccccc23)o1. The summed E-state index contributed by atoms with van der Waals surface area (Å²) in [5.41, 5.74) is 1.37. The van der Waals surface area contributed by atoms with Gasteiger partial charge in [0, 0.05) is 23.2 Å². The van der Waals surface area contributed by atoms with Crippen LogP contribution in [0.5, 0.6) is 5.88 Å². The number of aromatic amines is 1. The Morgan fingerprint density at radius 3 is 2.95 bits per heavy atom. The Morgan fingerprint density at radius 1 is 1.33 bits per heavy atom. The second kappa shape index (κ2) is 5.16. The van der Waals surface area contributed by atoms with Crippen LogP contribution in [0.1, 0.15) is 16.1 Å². The van der Waals surface area contributed by atoms with Crippen molar-refractivity contribution in [3.05, 3.63) is 47.7 Å². The Morgan fingerprint density at radius 2 is 2.14 bits per heavy atom. The van der Waals surface area contributed by atoms with Crippen molar-refractivity contribution < 1.29 is 19.1 Å². The molecule has 2 heterocycles. The van der Waals surface area contributed by atoms with Crippen LogP contribution >= 0.6 is 0 Å². The molecule has 3 rings (SSSR count). The van der Waals surface area contributed by atoms with Crippen LogP contribution in [0.3, 0.4) is 0 Å². The lowest BCUT2D eigenvalue weighted by molar-refractivity contribution is 0.0566. The lowest BCUT2D eigenvalue weighted by Gasteiger charge is -1.92. The quantitative estimate of drug-likeness (QED) is 0.571. The third-order valence-corrected chi connectivity index (χ3v) is 3.02. The maximum absolute atomic E-state index is 11.3. The monoisotopic (exact) mass is 284 g/mol. The van der Waals surface area contributed by atoms with Gasteiger partial charge in [-0.05, 0) is 12.1 Å². The van der Waals surface area contributed by atoms with Crippen molar-refractivity contribution in [3.8, 4) is 5.88 Å². The number of methoxy groups -OCH3 is 1. The van der Waals surface area contributed by atoms with Crippen molar-refractivity contribution in [3.63, 3.8) is 0 Å². The first kappa shape index (κ1) is 13.0. The molecule has 0 fully saturated rings. The van der Waals surface area contributed by atoms with Crippen molar-refractivity contribution in [1.82, 2.24) is 4.98 Å². The second-order valence-electron chi connectivity index (χ2n) is 4.32. The van der Waals surface area contributed by atoms with E-state index in [4.69, 9.17) is 4.42 Å². The molecule has 1 aromatic carbocycles. The molecule has 6 heteroatoms. The summed E-state index contributed by atoms with van der Waals surface area (Å²) in [6.45, 7) is 0. The number of nitrogens with one attached hydrogen (secondary N) is 1. The Labute approximate surface area is 119 Å². The molecule has 2 aromatic heterocycles. The molecule has 0 aliphatic rings. The fourth-order valence-corrected chi connectivity index (χ4v) is 2.02. The summed E-state index contributed by atoms with van der Waals surface area (Å²) in [6, 6.07) is 10.5. The van der Waals surface area contributed by atoms with Gasteiger partial charge in [0.05, 0.1) is 12.7 Å². The molecule has 3 aromatic rings. The number of benzene rings is 1. The number of hydrogen-bond acceptors (Lipinski definition) is 5. The summed E-state index contributed by atoms with van der Waals surface area (Å²) in [6.07, 6.45) is 1.48. The number of hydrogen-bond donors (Lipinski definition) is 2. The predicted molar refractivity (Wildman–Crippen MR) is 77.3 cm³/mol. The van der Waals surface area contributed by atoms with Crippen LogP contribution in [0.15, 0.2) is 45.8 Å². The molecule has 0 aliphatic carbocycles. The van der Waals surface area contributed by atoms with E-state index in [0.29, 0.717) is 5.56 Å². The first-order chi connectivity index (χ1) is 10.2. The van der Waals surface area contributed by atoms with Crippen molar-refractivity contribution in [1.29, 1.82) is 0 Å². The van der Waals surface area contributed by atoms with E-state index in [0.717, 1.165) is 10.9 Å². The van der Waals surface area contributed by atoms with E-state index in [1.165, 1.54) is 19.4 Å². The van der Waals surface area contributed by atoms with Crippen LogP contribution in [-0.4, -0.2) is 29.4 Å². The van der Waals surface area contributed by atoms with Gasteiger partial charge in [0.2, 0.25) is 11.6 Å². The van der Waals surface area contributed by atoms with Crippen LogP contribution in [0.4, 0.5) is 5.88 Å². The maximum atomic E-state index is 11.3. The summed E-state index contributed by atoms with van der Waals surface area (Å²) in [4.78, 5) is 18.2. The Bertz CT molecular complexity index is 829. The van der Waals surface area contributed by atoms with E-state index < -0.39 is 5.97 Å². The fraction of sp³-hybridized carbons (Fsp3) is 0.0667. The number of ether oxygens (including phenoxy) is 1. The molecule has 0 saturated heterocycles. The molecule has 0 saturated carbocycles. The van der Waals surface area contributed by atoms with Crippen LogP contribution in [-0.2, 0) is 4.74 Å². The number of aliphatic imine (C=N–C) groups is 1. The number of H-pyrrole nitrogens is 1. The Balaban J connectivity index is 1.93. The highest BCUT2D eigenvalue weighted by Gasteiger charge is 2.11. The van der Waals surface area contributed by atoms with E-state index in [9.17, 15) is 9.90 Å². The number of esters is 1. The normalized spacial score (nSPS) is 11.3. The highest BCUT2D eigenvalue weighted by Crippen LogP contribution is 2.26. The van der Waals surface area contributed by atoms with Crippen LogP contribution in [0, 0.1) is 0 Å². The number of aromatic nitrogens is 1. The third-order valence-electron chi connectivity index (χ3n) is 3.02. The molecule has 6 nitrogen and oxygen atoms in total. The summed E-state index contributed by atoms with van der Waals surface area (Å²) in [7, 11) is 1.28. The molecule has 0 amide bonds. The topological polar surface area (TPSA) is 87.8 Å². The first-order valence-electron chi connectivity index (χ1n) is 6.21. The minimum atomic E-state index is -0.564. The van der Waals surface area contributed by atoms with Gasteiger partial charge >= 0.3 is 5.97 Å². The predicted octanol–water partition coefficient (Wildman–Crippen LogP) is 3.00. The standard InChI is InChI=1S/C15H12N2O4/c1-20-15(19)12-6-7-13(21-12)16-8-10-9-4-2-3-5-11(9)17-14(10)18/h2-8,17-18H,1H3/b16-8+. The number of furan rings is 1. The lowest BCUT2D eigenvalue weighted by Crippen LogP contribution is -1.97. The minimum Gasteiger partial charge on any atom is -0.494 e. The highest BCUT2D eigenvalue weighted by atomic mass is 16.5. The minimum absolute atomic E-state index is 0.0275. The van der Waals surface area contributed by atoms with Gasteiger partial charge in [-0.15, -0.1) is 0 Å². The summed E-state index contributed by atoms with van der Waals surface area (Å²) in [5.74, 6) is -0.209. The van der Waals surface area contributed by atoms with Crippen LogP contribution < -0.4 is 0 Å². The molecule has 0 radical (unpaired) electrons. The van der Waals surface area contributed by atoms with E-state index >= 15 is 0 Å². The lowest BCUT2D eigenvalue weighted by atomic mass is 10.2. The van der Waals surface area contributed by atoms with Crippen molar-refractivity contribution in [2.24, 2.45) is 4.99 Å². The smallest absolute Gasteiger partial charge is 0.374 e. The van der Waals surface area contributed by atoms with E-state index in [1.54, 1.807) is 6.07 Å². The van der Waals surface area contributed by atoms with Gasteiger partial charge in [0.25, 0.3) is 0 Å². The van der Waals surface area contributed by atoms with Crippen molar-refractivity contribution in [2.45, 2.75) is 0 Å². The third kappa shape index (κ3) is 2.38. The fourth-order valence-electron chi connectivity index (χ4n) is 2.02. The van der Waals surface area contributed by atoms with Gasteiger partial charge in [-0.3, -0.25) is 0 Å². The molecule has 2 N–H and O–H groups in total. The number of aromatic hydroxyl groups is 1. The Kier molecular flexibility index (Phi) is 3.19. The van der Waals surface area contributed by atoms with Gasteiger partial charge in [-0.25, -0.2) is 9.79 Å². The number of carbonyl (C=O) groups is 1. The molecule has 0 bridgehead atoms. The number of nitrogens with zero attached hydrogens (tertiary/aromatic N) is 1. The molecule has 0 aliphatic heterocycles. The molecular formula is C15H12N2O4. The summed E-state index contributed by atoms with van der Waals surface area (Å²) < 4.78 is 9.77. The molecule has 106 valence electrons. The first-order valence-corrected chi connectivity index (χ1v) is 6.21. The molecule has 21 heavy (non-hydrogen) atoms. The second-order valence-corrected chi connectivity index (χ2v) is 4.32. The summed E-state index contributed by atoms with van der Waals surface area (Å²) in [5, 5.41) is 10.7. The number of para-hydroxylation sites is 1. The van der Waals surface area contributed by atoms with Gasteiger partial charge in [0.15, 0.2) is 5.88 Å². The molecule has 0 unspecified atom stereocenters. The van der Waals surface area contributed by atoms with Crippen LogP contribution in [0.2, 0.25) is 0 Å². The van der Waals surface area contributed by atoms with Crippen molar-refractivity contribution in [2.75, 3.05) is 7.11 Å². The van der Waals surface area contributed by atoms with Gasteiger partial charge in [-0.1, -0.05) is 18.2 Å². The zero-order valence-corrected chi connectivity index (χ0v) is 11.2. The van der Waals surface area contributed by atoms with E-state index in [1.807, 2.05) is 24.3 Å². The molecule has 0 atom stereocenters. The summed E-state index contributed by atoms with van der Waals surface area (Å²) >= 11 is 0. The number of rotatable bonds is 3. The highest BCUT2D eigenvalue weighted by molar-refractivity contribution is 6.02. The average molecular weight is 284 g/mol. The number of fused-ring (bicyclic) bond motifs is 1. The van der Waals surface area contributed by atoms with Gasteiger partial charge in [-0.2, -0.15) is 0 Å².